The third kappa shape index (κ3) is 7.21. The van der Waals surface area contributed by atoms with E-state index in [-0.39, 0.29) is 34.7 Å². The number of nitrogens with zero attached hydrogens (tertiary/aromatic N) is 1. The largest absolute Gasteiger partial charge is 0.348 e. The van der Waals surface area contributed by atoms with Crippen LogP contribution in [0.4, 0.5) is 10.1 Å². The zero-order valence-electron chi connectivity index (χ0n) is 22.1. The van der Waals surface area contributed by atoms with Crippen molar-refractivity contribution in [2.24, 2.45) is 0 Å². The first kappa shape index (κ1) is 28.3. The molecular formula is C29H33FN4O4S. The lowest BCUT2D eigenvalue weighted by Gasteiger charge is -2.23. The number of hydrogen-bond donors (Lipinski definition) is 3. The normalized spacial score (nSPS) is 17.8. The lowest BCUT2D eigenvalue weighted by Crippen LogP contribution is -2.44. The monoisotopic (exact) mass is 552 g/mol. The van der Waals surface area contributed by atoms with Crippen LogP contribution in [0.5, 0.6) is 0 Å². The lowest BCUT2D eigenvalue weighted by molar-refractivity contribution is 0.0933. The van der Waals surface area contributed by atoms with Crippen molar-refractivity contribution in [2.45, 2.75) is 37.9 Å². The highest BCUT2D eigenvalue weighted by atomic mass is 32.2. The van der Waals surface area contributed by atoms with Gasteiger partial charge in [-0.05, 0) is 67.8 Å². The molecule has 1 saturated heterocycles. The van der Waals surface area contributed by atoms with E-state index in [1.807, 2.05) is 30.3 Å². The molecule has 0 spiro atoms. The summed E-state index contributed by atoms with van der Waals surface area (Å²) in [4.78, 5) is 26.6. The van der Waals surface area contributed by atoms with Gasteiger partial charge in [0.1, 0.15) is 5.82 Å². The molecule has 8 nitrogen and oxygen atoms in total. The van der Waals surface area contributed by atoms with Crippen molar-refractivity contribution in [2.75, 3.05) is 24.2 Å². The fourth-order valence-electron chi connectivity index (χ4n) is 4.64. The molecule has 206 valence electrons. The molecule has 1 aliphatic heterocycles. The minimum Gasteiger partial charge on any atom is -0.348 e. The van der Waals surface area contributed by atoms with E-state index in [4.69, 9.17) is 0 Å². The van der Waals surface area contributed by atoms with Gasteiger partial charge >= 0.3 is 0 Å². The Morgan fingerprint density at radius 2 is 1.67 bits per heavy atom. The molecule has 1 aliphatic rings. The van der Waals surface area contributed by atoms with Crippen LogP contribution in [-0.2, 0) is 16.4 Å². The predicted octanol–water partition coefficient (Wildman–Crippen LogP) is 3.42. The Bertz CT molecular complexity index is 1430. The molecule has 0 radical (unpaired) electrons. The van der Waals surface area contributed by atoms with Crippen molar-refractivity contribution in [3.05, 3.63) is 101 Å². The van der Waals surface area contributed by atoms with E-state index in [0.717, 1.165) is 35.5 Å². The molecule has 3 aromatic carbocycles. The number of sulfonamides is 1. The van der Waals surface area contributed by atoms with Gasteiger partial charge in [-0.15, -0.1) is 0 Å². The van der Waals surface area contributed by atoms with Gasteiger partial charge in [-0.3, -0.25) is 13.9 Å². The van der Waals surface area contributed by atoms with Crippen LogP contribution < -0.4 is 20.3 Å². The van der Waals surface area contributed by atoms with Gasteiger partial charge in [0.05, 0.1) is 18.0 Å². The summed E-state index contributed by atoms with van der Waals surface area (Å²) >= 11 is 0. The average molecular weight is 553 g/mol. The summed E-state index contributed by atoms with van der Waals surface area (Å²) in [6.07, 6.45) is 2.54. The maximum absolute atomic E-state index is 13.4. The fourth-order valence-corrected chi connectivity index (χ4v) is 5.12. The smallest absolute Gasteiger partial charge is 0.251 e. The van der Waals surface area contributed by atoms with Crippen LogP contribution in [0.2, 0.25) is 0 Å². The first-order valence-corrected chi connectivity index (χ1v) is 14.6. The molecule has 3 aromatic rings. The number of amides is 2. The van der Waals surface area contributed by atoms with Gasteiger partial charge in [-0.1, -0.05) is 42.5 Å². The molecule has 0 bridgehead atoms. The highest BCUT2D eigenvalue weighted by Gasteiger charge is 2.29. The van der Waals surface area contributed by atoms with Gasteiger partial charge in [0, 0.05) is 30.3 Å². The summed E-state index contributed by atoms with van der Waals surface area (Å²) in [7, 11) is -2.29. The molecule has 2 amide bonds. The maximum atomic E-state index is 13.4. The van der Waals surface area contributed by atoms with Crippen LogP contribution in [-0.4, -0.2) is 52.2 Å². The minimum atomic E-state index is -3.65. The van der Waals surface area contributed by atoms with Gasteiger partial charge in [0.15, 0.2) is 0 Å². The number of hydrogen-bond acceptors (Lipinski definition) is 5. The standard InChI is InChI=1S/C29H33FN4O4S/c1-19(21-9-11-24(30)12-10-21)32-28(35)22-16-23(18-25(17-22)34(2)39(3,37)38)29(36)33-26-13-14-31-27(26)15-20-7-5-4-6-8-20/h4-12,16-19,26-27,31H,13-15H2,1-3H3,(H,32,35)(H,33,36)/t19-,26-,27+/m1/s1. The molecule has 4 rings (SSSR count). The molecule has 0 unspecified atom stereocenters. The molecule has 0 saturated carbocycles. The number of halogens is 1. The van der Waals surface area contributed by atoms with E-state index in [1.165, 1.54) is 37.4 Å². The number of anilines is 1. The summed E-state index contributed by atoms with van der Waals surface area (Å²) < 4.78 is 38.9. The number of carbonyl (C=O) groups is 2. The third-order valence-corrected chi connectivity index (χ3v) is 8.19. The van der Waals surface area contributed by atoms with E-state index in [1.54, 1.807) is 19.1 Å². The van der Waals surface area contributed by atoms with Crippen LogP contribution >= 0.6 is 0 Å². The molecule has 3 atom stereocenters. The zero-order chi connectivity index (χ0) is 28.2. The highest BCUT2D eigenvalue weighted by Crippen LogP contribution is 2.23. The topological polar surface area (TPSA) is 108 Å². The Morgan fingerprint density at radius 3 is 2.31 bits per heavy atom. The quantitative estimate of drug-likeness (QED) is 0.377. The number of carbonyl (C=O) groups excluding carboxylic acids is 2. The molecule has 1 fully saturated rings. The molecule has 0 aromatic heterocycles. The van der Waals surface area contributed by atoms with Crippen LogP contribution in [0.15, 0.2) is 72.8 Å². The maximum Gasteiger partial charge on any atom is 0.251 e. The summed E-state index contributed by atoms with van der Waals surface area (Å²) in [5, 5.41) is 9.35. The van der Waals surface area contributed by atoms with E-state index < -0.39 is 27.9 Å². The van der Waals surface area contributed by atoms with Crippen LogP contribution in [0, 0.1) is 5.82 Å². The van der Waals surface area contributed by atoms with Crippen LogP contribution in [0.25, 0.3) is 0 Å². The second kappa shape index (κ2) is 12.0. The number of rotatable bonds is 9. The van der Waals surface area contributed by atoms with Crippen LogP contribution in [0.1, 0.15) is 51.2 Å². The molecule has 3 N–H and O–H groups in total. The van der Waals surface area contributed by atoms with Crippen molar-refractivity contribution in [1.82, 2.24) is 16.0 Å². The predicted molar refractivity (Wildman–Crippen MR) is 150 cm³/mol. The van der Waals surface area contributed by atoms with Crippen molar-refractivity contribution < 1.29 is 22.4 Å². The van der Waals surface area contributed by atoms with E-state index in [9.17, 15) is 22.4 Å². The SMILES string of the molecule is C[C@@H](NC(=O)c1cc(C(=O)N[C@@H]2CCN[C@H]2Cc2ccccc2)cc(N(C)S(C)(=O)=O)c1)c1ccc(F)cc1. The third-order valence-electron chi connectivity index (χ3n) is 6.98. The minimum absolute atomic E-state index is 0.0394. The molecular weight excluding hydrogens is 519 g/mol. The summed E-state index contributed by atoms with van der Waals surface area (Å²) in [6.45, 7) is 2.51. The van der Waals surface area contributed by atoms with E-state index in [2.05, 4.69) is 16.0 Å². The van der Waals surface area contributed by atoms with Crippen molar-refractivity contribution in [3.8, 4) is 0 Å². The van der Waals surface area contributed by atoms with Gasteiger partial charge < -0.3 is 16.0 Å². The van der Waals surface area contributed by atoms with E-state index in [0.29, 0.717) is 5.56 Å². The van der Waals surface area contributed by atoms with E-state index >= 15 is 0 Å². The highest BCUT2D eigenvalue weighted by molar-refractivity contribution is 7.92. The summed E-state index contributed by atoms with van der Waals surface area (Å²) in [5.41, 5.74) is 2.35. The average Bonchev–Trinajstić information content (AvgIpc) is 3.34. The Kier molecular flexibility index (Phi) is 8.66. The van der Waals surface area contributed by atoms with Gasteiger partial charge in [0.25, 0.3) is 11.8 Å². The Morgan fingerprint density at radius 1 is 1.03 bits per heavy atom. The Hall–Kier alpha value is -3.76. The van der Waals surface area contributed by atoms with Crippen LogP contribution in [0.3, 0.4) is 0 Å². The second-order valence-corrected chi connectivity index (χ2v) is 11.9. The van der Waals surface area contributed by atoms with Gasteiger partial charge in [-0.25, -0.2) is 12.8 Å². The fraction of sp³-hybridized carbons (Fsp3) is 0.310. The van der Waals surface area contributed by atoms with Crippen molar-refractivity contribution in [1.29, 1.82) is 0 Å². The molecule has 10 heteroatoms. The Labute approximate surface area is 228 Å². The first-order chi connectivity index (χ1) is 18.5. The number of nitrogens with one attached hydrogen (secondary N) is 3. The van der Waals surface area contributed by atoms with Crippen molar-refractivity contribution >= 4 is 27.5 Å². The Balaban J connectivity index is 1.57. The second-order valence-electron chi connectivity index (χ2n) is 9.86. The lowest BCUT2D eigenvalue weighted by atomic mass is 10.00. The molecule has 39 heavy (non-hydrogen) atoms. The van der Waals surface area contributed by atoms with Crippen molar-refractivity contribution in [3.63, 3.8) is 0 Å². The summed E-state index contributed by atoms with van der Waals surface area (Å²) in [6, 6.07) is 19.6. The molecule has 1 heterocycles. The first-order valence-electron chi connectivity index (χ1n) is 12.7. The molecule has 0 aliphatic carbocycles. The van der Waals surface area contributed by atoms with Gasteiger partial charge in [-0.2, -0.15) is 0 Å². The summed E-state index contributed by atoms with van der Waals surface area (Å²) in [5.74, 6) is -1.27. The number of benzene rings is 3. The van der Waals surface area contributed by atoms with Gasteiger partial charge in [0.2, 0.25) is 10.0 Å². The zero-order valence-corrected chi connectivity index (χ0v) is 23.0.